The summed E-state index contributed by atoms with van der Waals surface area (Å²) in [6.07, 6.45) is 6.87. The SMILES string of the molecule is CC(C)CC(=O)N1CCCCC1c1nnc(C2CCN(CCc3ccccc3)CC2)o1. The van der Waals surface area contributed by atoms with Crippen molar-refractivity contribution in [2.75, 3.05) is 26.2 Å². The standard InChI is InChI=1S/C25H36N4O2/c1-19(2)18-23(30)29-14-7-6-10-22(29)25-27-26-24(31-25)21-12-16-28(17-13-21)15-11-20-8-4-3-5-9-20/h3-5,8-9,19,21-22H,6-7,10-18H2,1-2H3. The van der Waals surface area contributed by atoms with Crippen LogP contribution < -0.4 is 0 Å². The Labute approximate surface area is 186 Å². The number of hydrogen-bond donors (Lipinski definition) is 0. The van der Waals surface area contributed by atoms with Crippen LogP contribution in [0, 0.1) is 5.92 Å². The van der Waals surface area contributed by atoms with E-state index in [1.807, 2.05) is 4.90 Å². The first-order valence-corrected chi connectivity index (χ1v) is 12.0. The minimum atomic E-state index is -0.0489. The van der Waals surface area contributed by atoms with Gasteiger partial charge in [-0.25, -0.2) is 0 Å². The number of aromatic nitrogens is 2. The van der Waals surface area contributed by atoms with Gasteiger partial charge in [-0.15, -0.1) is 10.2 Å². The topological polar surface area (TPSA) is 62.5 Å². The monoisotopic (exact) mass is 424 g/mol. The number of nitrogens with zero attached hydrogens (tertiary/aromatic N) is 4. The Morgan fingerprint density at radius 1 is 1.03 bits per heavy atom. The number of carbonyl (C=O) groups excluding carboxylic acids is 1. The van der Waals surface area contributed by atoms with Crippen LogP contribution in [0.1, 0.15) is 81.7 Å². The van der Waals surface area contributed by atoms with Crippen molar-refractivity contribution in [2.24, 2.45) is 5.92 Å². The Balaban J connectivity index is 1.32. The molecule has 1 unspecified atom stereocenters. The van der Waals surface area contributed by atoms with Crippen LogP contribution >= 0.6 is 0 Å². The molecule has 1 aromatic carbocycles. The van der Waals surface area contributed by atoms with E-state index in [1.54, 1.807) is 0 Å². The Bertz CT molecular complexity index is 827. The summed E-state index contributed by atoms with van der Waals surface area (Å²) in [4.78, 5) is 17.2. The average molecular weight is 425 g/mol. The fourth-order valence-electron chi connectivity index (χ4n) is 4.83. The van der Waals surface area contributed by atoms with Crippen LogP contribution in [0.2, 0.25) is 0 Å². The zero-order valence-corrected chi connectivity index (χ0v) is 19.0. The van der Waals surface area contributed by atoms with Gasteiger partial charge < -0.3 is 14.2 Å². The first-order valence-electron chi connectivity index (χ1n) is 12.0. The molecule has 2 fully saturated rings. The van der Waals surface area contributed by atoms with Crippen molar-refractivity contribution >= 4 is 5.91 Å². The molecule has 0 saturated carbocycles. The second-order valence-corrected chi connectivity index (χ2v) is 9.53. The maximum absolute atomic E-state index is 12.7. The van der Waals surface area contributed by atoms with Crippen molar-refractivity contribution in [3.8, 4) is 0 Å². The summed E-state index contributed by atoms with van der Waals surface area (Å²) in [5.74, 6) is 2.31. The van der Waals surface area contributed by atoms with E-state index < -0.39 is 0 Å². The summed E-state index contributed by atoms with van der Waals surface area (Å²) >= 11 is 0. The Morgan fingerprint density at radius 2 is 1.77 bits per heavy atom. The fourth-order valence-corrected chi connectivity index (χ4v) is 4.83. The summed E-state index contributed by atoms with van der Waals surface area (Å²) in [6, 6.07) is 10.6. The molecule has 168 valence electrons. The van der Waals surface area contributed by atoms with Gasteiger partial charge in [-0.2, -0.15) is 0 Å². The molecule has 0 aliphatic carbocycles. The van der Waals surface area contributed by atoms with Crippen LogP contribution in [0.4, 0.5) is 0 Å². The van der Waals surface area contributed by atoms with Gasteiger partial charge in [0.05, 0.1) is 0 Å². The number of likely N-dealkylation sites (tertiary alicyclic amines) is 2. The van der Waals surface area contributed by atoms with Crippen LogP contribution in [0.15, 0.2) is 34.7 Å². The van der Waals surface area contributed by atoms with E-state index in [2.05, 4.69) is 59.3 Å². The van der Waals surface area contributed by atoms with Crippen LogP contribution in [0.5, 0.6) is 0 Å². The summed E-state index contributed by atoms with van der Waals surface area (Å²) in [7, 11) is 0. The molecular weight excluding hydrogens is 388 g/mol. The molecule has 1 atom stereocenters. The van der Waals surface area contributed by atoms with Gasteiger partial charge in [0.15, 0.2) is 0 Å². The highest BCUT2D eigenvalue weighted by molar-refractivity contribution is 5.76. The lowest BCUT2D eigenvalue weighted by atomic mass is 9.96. The highest BCUT2D eigenvalue weighted by Crippen LogP contribution is 2.34. The number of hydrogen-bond acceptors (Lipinski definition) is 5. The highest BCUT2D eigenvalue weighted by atomic mass is 16.4. The van der Waals surface area contributed by atoms with E-state index in [0.717, 1.165) is 70.6 Å². The second-order valence-electron chi connectivity index (χ2n) is 9.53. The zero-order valence-electron chi connectivity index (χ0n) is 19.0. The van der Waals surface area contributed by atoms with Crippen molar-refractivity contribution in [3.05, 3.63) is 47.7 Å². The number of benzene rings is 1. The molecule has 2 aromatic rings. The van der Waals surface area contributed by atoms with Gasteiger partial charge in [0.25, 0.3) is 0 Å². The third-order valence-electron chi connectivity index (χ3n) is 6.64. The van der Waals surface area contributed by atoms with Gasteiger partial charge in [0.2, 0.25) is 17.7 Å². The molecule has 2 saturated heterocycles. The molecule has 0 N–H and O–H groups in total. The van der Waals surface area contributed by atoms with Crippen molar-refractivity contribution < 1.29 is 9.21 Å². The molecule has 2 aliphatic rings. The fraction of sp³-hybridized carbons (Fsp3) is 0.640. The van der Waals surface area contributed by atoms with Gasteiger partial charge in [-0.05, 0) is 63.1 Å². The number of carbonyl (C=O) groups is 1. The predicted octanol–water partition coefficient (Wildman–Crippen LogP) is 4.59. The molecule has 6 nitrogen and oxygen atoms in total. The first-order chi connectivity index (χ1) is 15.1. The molecular formula is C25H36N4O2. The molecule has 4 rings (SSSR count). The minimum absolute atomic E-state index is 0.0489. The lowest BCUT2D eigenvalue weighted by Crippen LogP contribution is -2.39. The van der Waals surface area contributed by atoms with Crippen LogP contribution in [-0.4, -0.2) is 52.1 Å². The Hall–Kier alpha value is -2.21. The summed E-state index contributed by atoms with van der Waals surface area (Å²) in [6.45, 7) is 8.21. The Morgan fingerprint density at radius 3 is 2.52 bits per heavy atom. The molecule has 1 aromatic heterocycles. The minimum Gasteiger partial charge on any atom is -0.423 e. The van der Waals surface area contributed by atoms with E-state index in [-0.39, 0.29) is 11.9 Å². The van der Waals surface area contributed by atoms with E-state index >= 15 is 0 Å². The van der Waals surface area contributed by atoms with Crippen molar-refractivity contribution in [3.63, 3.8) is 0 Å². The van der Waals surface area contributed by atoms with Crippen molar-refractivity contribution in [2.45, 2.75) is 70.8 Å². The molecule has 0 bridgehead atoms. The highest BCUT2D eigenvalue weighted by Gasteiger charge is 2.33. The maximum Gasteiger partial charge on any atom is 0.238 e. The van der Waals surface area contributed by atoms with Crippen molar-refractivity contribution in [1.82, 2.24) is 20.0 Å². The molecule has 1 amide bonds. The van der Waals surface area contributed by atoms with Crippen LogP contribution in [0.3, 0.4) is 0 Å². The summed E-state index contributed by atoms with van der Waals surface area (Å²) in [5.41, 5.74) is 1.40. The van der Waals surface area contributed by atoms with Crippen LogP contribution in [-0.2, 0) is 11.2 Å². The van der Waals surface area contributed by atoms with E-state index in [1.165, 1.54) is 5.56 Å². The normalized spacial score (nSPS) is 21.0. The second kappa shape index (κ2) is 10.4. The first kappa shape index (κ1) is 22.0. The van der Waals surface area contributed by atoms with E-state index in [0.29, 0.717) is 24.1 Å². The lowest BCUT2D eigenvalue weighted by molar-refractivity contribution is -0.136. The summed E-state index contributed by atoms with van der Waals surface area (Å²) < 4.78 is 6.18. The van der Waals surface area contributed by atoms with Crippen LogP contribution in [0.25, 0.3) is 0 Å². The third kappa shape index (κ3) is 5.73. The third-order valence-corrected chi connectivity index (χ3v) is 6.64. The van der Waals surface area contributed by atoms with Gasteiger partial charge in [-0.1, -0.05) is 44.2 Å². The molecule has 31 heavy (non-hydrogen) atoms. The quantitative estimate of drug-likeness (QED) is 0.650. The molecule has 0 spiro atoms. The number of piperidine rings is 2. The maximum atomic E-state index is 12.7. The van der Waals surface area contributed by atoms with Gasteiger partial charge in [0, 0.05) is 25.4 Å². The molecule has 6 heteroatoms. The summed E-state index contributed by atoms with van der Waals surface area (Å²) in [5, 5.41) is 8.81. The smallest absolute Gasteiger partial charge is 0.238 e. The zero-order chi connectivity index (χ0) is 21.6. The Kier molecular flexibility index (Phi) is 7.38. The lowest BCUT2D eigenvalue weighted by Gasteiger charge is -2.34. The van der Waals surface area contributed by atoms with Gasteiger partial charge in [0.1, 0.15) is 6.04 Å². The van der Waals surface area contributed by atoms with Crippen molar-refractivity contribution in [1.29, 1.82) is 0 Å². The number of amides is 1. The molecule has 3 heterocycles. The van der Waals surface area contributed by atoms with Gasteiger partial charge >= 0.3 is 0 Å². The predicted molar refractivity (Wildman–Crippen MR) is 121 cm³/mol. The average Bonchev–Trinajstić information content (AvgIpc) is 3.28. The van der Waals surface area contributed by atoms with E-state index in [4.69, 9.17) is 4.42 Å². The largest absolute Gasteiger partial charge is 0.423 e. The molecule has 0 radical (unpaired) electrons. The van der Waals surface area contributed by atoms with E-state index in [9.17, 15) is 4.79 Å². The number of rotatable bonds is 7. The molecule has 2 aliphatic heterocycles. The van der Waals surface area contributed by atoms with Gasteiger partial charge in [-0.3, -0.25) is 4.79 Å².